The topological polar surface area (TPSA) is 55.4 Å². The van der Waals surface area contributed by atoms with Crippen LogP contribution in [-0.2, 0) is 28.4 Å². The van der Waals surface area contributed by atoms with Gasteiger partial charge in [0, 0.05) is 54.5 Å². The summed E-state index contributed by atoms with van der Waals surface area (Å²) in [5.74, 6) is -1.38. The Morgan fingerprint density at radius 3 is 1.33 bits per heavy atom. The lowest BCUT2D eigenvalue weighted by atomic mass is 10.0. The van der Waals surface area contributed by atoms with Gasteiger partial charge in [0.05, 0.1) is 0 Å². The molecule has 0 N–H and O–H groups in total. The lowest BCUT2D eigenvalue weighted by molar-refractivity contribution is -0.391. The van der Waals surface area contributed by atoms with Gasteiger partial charge in [-0.25, -0.2) is 0 Å². The second kappa shape index (κ2) is 23.5. The van der Waals surface area contributed by atoms with E-state index < -0.39 is 5.97 Å². The van der Waals surface area contributed by atoms with Gasteiger partial charge in [0.2, 0.25) is 0 Å². The Bertz CT molecular complexity index is 363. The van der Waals surface area contributed by atoms with Crippen LogP contribution >= 0.6 is 0 Å². The van der Waals surface area contributed by atoms with Crippen LogP contribution in [0.5, 0.6) is 0 Å². The highest BCUT2D eigenvalue weighted by molar-refractivity contribution is 4.71. The maximum atomic E-state index is 5.85. The number of methoxy groups -OCH3 is 4. The highest BCUT2D eigenvalue weighted by atomic mass is 16.9. The molecule has 0 rings (SSSR count). The van der Waals surface area contributed by atoms with E-state index in [1.807, 2.05) is 13.8 Å². The average Bonchev–Trinajstić information content (AvgIpc) is 2.84. The fourth-order valence-corrected chi connectivity index (χ4v) is 4.07. The number of ether oxygens (including phenoxy) is 6. The SMILES string of the molecule is CCCCC(CCCC)(OCC)OCC.CCCCCCCCC(OC)C(OC)(OC)OC. The molecule has 0 fully saturated rings. The van der Waals surface area contributed by atoms with Gasteiger partial charge in [-0.05, 0) is 33.1 Å². The first-order chi connectivity index (χ1) is 15.9. The van der Waals surface area contributed by atoms with E-state index in [9.17, 15) is 0 Å². The summed E-state index contributed by atoms with van der Waals surface area (Å²) in [4.78, 5) is 0. The van der Waals surface area contributed by atoms with Crippen molar-refractivity contribution in [2.24, 2.45) is 0 Å². The maximum absolute atomic E-state index is 5.85. The standard InChI is InChI=1S/C14H30O4.C13H28O2/c1-6-7-8-9-10-11-12-13(15-2)14(16-3,17-4)18-5;1-5-9-11-13(14-7-3,15-8-4)12-10-6-2/h13H,6-12H2,1-5H3;5-12H2,1-4H3. The van der Waals surface area contributed by atoms with E-state index in [0.29, 0.717) is 0 Å². The first kappa shape index (κ1) is 34.9. The summed E-state index contributed by atoms with van der Waals surface area (Å²) in [5.41, 5.74) is 0. The zero-order chi connectivity index (χ0) is 25.4. The molecule has 0 aliphatic heterocycles. The van der Waals surface area contributed by atoms with Crippen molar-refractivity contribution >= 4 is 0 Å². The quantitative estimate of drug-likeness (QED) is 0.119. The smallest absolute Gasteiger partial charge is 0.310 e. The summed E-state index contributed by atoms with van der Waals surface area (Å²) in [6.07, 6.45) is 15.0. The van der Waals surface area contributed by atoms with Gasteiger partial charge >= 0.3 is 5.97 Å². The average molecular weight is 479 g/mol. The largest absolute Gasteiger partial charge is 0.373 e. The van der Waals surface area contributed by atoms with Crippen LogP contribution in [0.2, 0.25) is 0 Å². The Kier molecular flexibility index (Phi) is 24.9. The first-order valence-corrected chi connectivity index (χ1v) is 13.4. The molecule has 0 saturated heterocycles. The van der Waals surface area contributed by atoms with Crippen molar-refractivity contribution in [2.45, 2.75) is 136 Å². The van der Waals surface area contributed by atoms with Crippen molar-refractivity contribution in [3.8, 4) is 0 Å². The first-order valence-electron chi connectivity index (χ1n) is 13.4. The van der Waals surface area contributed by atoms with Gasteiger partial charge in [0.1, 0.15) is 6.10 Å². The molecule has 0 aromatic carbocycles. The molecule has 202 valence electrons. The van der Waals surface area contributed by atoms with E-state index >= 15 is 0 Å². The Balaban J connectivity index is 0. The molecule has 1 unspecified atom stereocenters. The molecular weight excluding hydrogens is 420 g/mol. The number of unbranched alkanes of at least 4 members (excludes halogenated alkanes) is 7. The van der Waals surface area contributed by atoms with Gasteiger partial charge in [-0.3, -0.25) is 0 Å². The van der Waals surface area contributed by atoms with E-state index in [2.05, 4.69) is 20.8 Å². The molecule has 0 spiro atoms. The Morgan fingerprint density at radius 1 is 0.545 bits per heavy atom. The molecule has 6 heteroatoms. The van der Waals surface area contributed by atoms with Crippen LogP contribution in [-0.4, -0.2) is 59.5 Å². The van der Waals surface area contributed by atoms with Crippen LogP contribution < -0.4 is 0 Å². The highest BCUT2D eigenvalue weighted by Crippen LogP contribution is 2.27. The summed E-state index contributed by atoms with van der Waals surface area (Å²) in [6, 6.07) is 0. The van der Waals surface area contributed by atoms with Gasteiger partial charge in [-0.1, -0.05) is 72.1 Å². The van der Waals surface area contributed by atoms with Crippen LogP contribution in [0.3, 0.4) is 0 Å². The fraction of sp³-hybridized carbons (Fsp3) is 1.00. The third-order valence-corrected chi connectivity index (χ3v) is 5.99. The summed E-state index contributed by atoms with van der Waals surface area (Å²) < 4.78 is 33.1. The summed E-state index contributed by atoms with van der Waals surface area (Å²) >= 11 is 0. The van der Waals surface area contributed by atoms with Crippen molar-refractivity contribution in [2.75, 3.05) is 41.7 Å². The molecule has 0 aromatic rings. The Morgan fingerprint density at radius 2 is 0.970 bits per heavy atom. The Labute approximate surface area is 206 Å². The van der Waals surface area contributed by atoms with Crippen LogP contribution in [0.4, 0.5) is 0 Å². The number of hydrogen-bond donors (Lipinski definition) is 0. The minimum atomic E-state index is -1.09. The summed E-state index contributed by atoms with van der Waals surface area (Å²) in [6.45, 7) is 12.2. The van der Waals surface area contributed by atoms with Crippen molar-refractivity contribution in [1.29, 1.82) is 0 Å². The normalized spacial score (nSPS) is 13.0. The monoisotopic (exact) mass is 478 g/mol. The molecule has 1 atom stereocenters. The molecule has 33 heavy (non-hydrogen) atoms. The van der Waals surface area contributed by atoms with E-state index in [-0.39, 0.29) is 11.9 Å². The second-order valence-electron chi connectivity index (χ2n) is 8.48. The van der Waals surface area contributed by atoms with E-state index in [0.717, 1.165) is 38.9 Å². The molecule has 0 aliphatic carbocycles. The van der Waals surface area contributed by atoms with Crippen molar-refractivity contribution < 1.29 is 28.4 Å². The molecule has 0 saturated carbocycles. The van der Waals surface area contributed by atoms with Crippen LogP contribution in [0.1, 0.15) is 118 Å². The molecule has 0 aromatic heterocycles. The predicted octanol–water partition coefficient (Wildman–Crippen LogP) is 7.48. The minimum Gasteiger partial charge on any atom is -0.373 e. The summed E-state index contributed by atoms with van der Waals surface area (Å²) in [7, 11) is 6.37. The van der Waals surface area contributed by atoms with Gasteiger partial charge in [0.15, 0.2) is 5.79 Å². The highest BCUT2D eigenvalue weighted by Gasteiger charge is 2.40. The number of rotatable bonds is 22. The maximum Gasteiger partial charge on any atom is 0.310 e. The lowest BCUT2D eigenvalue weighted by Gasteiger charge is -2.35. The molecule has 0 aliphatic rings. The van der Waals surface area contributed by atoms with Crippen LogP contribution in [0.15, 0.2) is 0 Å². The zero-order valence-electron chi connectivity index (χ0n) is 23.6. The van der Waals surface area contributed by atoms with E-state index in [1.165, 1.54) is 57.8 Å². The molecule has 0 radical (unpaired) electrons. The summed E-state index contributed by atoms with van der Waals surface area (Å²) in [5, 5.41) is 0. The predicted molar refractivity (Wildman–Crippen MR) is 138 cm³/mol. The third-order valence-electron chi connectivity index (χ3n) is 5.99. The molecule has 0 amide bonds. The lowest BCUT2D eigenvalue weighted by Crippen LogP contribution is -2.48. The van der Waals surface area contributed by atoms with Crippen LogP contribution in [0.25, 0.3) is 0 Å². The van der Waals surface area contributed by atoms with Gasteiger partial charge in [-0.2, -0.15) is 0 Å². The fourth-order valence-electron chi connectivity index (χ4n) is 4.07. The minimum absolute atomic E-state index is 0.205. The Hall–Kier alpha value is -0.240. The van der Waals surface area contributed by atoms with E-state index in [1.54, 1.807) is 28.4 Å². The van der Waals surface area contributed by atoms with Crippen LogP contribution in [0, 0.1) is 0 Å². The zero-order valence-corrected chi connectivity index (χ0v) is 23.6. The van der Waals surface area contributed by atoms with Crippen molar-refractivity contribution in [1.82, 2.24) is 0 Å². The van der Waals surface area contributed by atoms with Crippen molar-refractivity contribution in [3.63, 3.8) is 0 Å². The van der Waals surface area contributed by atoms with Crippen molar-refractivity contribution in [3.05, 3.63) is 0 Å². The molecule has 0 heterocycles. The van der Waals surface area contributed by atoms with E-state index in [4.69, 9.17) is 28.4 Å². The molecule has 6 nitrogen and oxygen atoms in total. The third kappa shape index (κ3) is 15.4. The second-order valence-corrected chi connectivity index (χ2v) is 8.48. The van der Waals surface area contributed by atoms with Gasteiger partial charge < -0.3 is 28.4 Å². The molecular formula is C27H58O6. The van der Waals surface area contributed by atoms with Gasteiger partial charge in [0.25, 0.3) is 0 Å². The van der Waals surface area contributed by atoms with Gasteiger partial charge in [-0.15, -0.1) is 0 Å². The number of hydrogen-bond acceptors (Lipinski definition) is 6. The molecule has 0 bridgehead atoms.